The van der Waals surface area contributed by atoms with Crippen LogP contribution in [0.3, 0.4) is 0 Å². The third-order valence-corrected chi connectivity index (χ3v) is 5.29. The highest BCUT2D eigenvalue weighted by Crippen LogP contribution is 2.28. The van der Waals surface area contributed by atoms with Crippen LogP contribution in [0.15, 0.2) is 29.2 Å². The van der Waals surface area contributed by atoms with Gasteiger partial charge >= 0.3 is 0 Å². The maximum Gasteiger partial charge on any atom is 0.244 e. The first-order valence-corrected chi connectivity index (χ1v) is 7.64. The predicted molar refractivity (Wildman–Crippen MR) is 68.2 cm³/mol. The fraction of sp³-hybridized carbons (Fsp3) is 0.462. The Hall–Kier alpha value is -1.45. The van der Waals surface area contributed by atoms with Gasteiger partial charge in [0.1, 0.15) is 12.4 Å². The lowest BCUT2D eigenvalue weighted by molar-refractivity contribution is 0.350. The van der Waals surface area contributed by atoms with Crippen LogP contribution in [-0.4, -0.2) is 25.3 Å². The monoisotopic (exact) mass is 282 g/mol. The quantitative estimate of drug-likeness (QED) is 0.796. The fourth-order valence-electron chi connectivity index (χ4n) is 2.41. The summed E-state index contributed by atoms with van der Waals surface area (Å²) in [6, 6.07) is 6.50. The second-order valence-corrected chi connectivity index (χ2v) is 6.49. The Morgan fingerprint density at radius 3 is 2.37 bits per heavy atom. The van der Waals surface area contributed by atoms with Crippen LogP contribution in [0.1, 0.15) is 25.7 Å². The van der Waals surface area contributed by atoms with E-state index in [0.717, 1.165) is 37.8 Å². The molecule has 1 saturated carbocycles. The third-order valence-electron chi connectivity index (χ3n) is 3.38. The number of nitrogens with zero attached hydrogens (tertiary/aromatic N) is 2. The molecule has 0 heterocycles. The molecule has 2 rings (SSSR count). The molecule has 0 N–H and O–H groups in total. The first-order valence-electron chi connectivity index (χ1n) is 6.20. The van der Waals surface area contributed by atoms with Gasteiger partial charge in [0.2, 0.25) is 10.0 Å². The number of hydrogen-bond acceptors (Lipinski definition) is 3. The highest BCUT2D eigenvalue weighted by molar-refractivity contribution is 7.89. The Bertz CT molecular complexity index is 572. The van der Waals surface area contributed by atoms with Crippen molar-refractivity contribution in [2.24, 2.45) is 0 Å². The zero-order chi connectivity index (χ0) is 13.9. The normalized spacial score (nSPS) is 16.7. The smallest absolute Gasteiger partial charge is 0.207 e. The van der Waals surface area contributed by atoms with Crippen molar-refractivity contribution >= 4 is 10.0 Å². The molecule has 0 atom stereocenters. The third kappa shape index (κ3) is 2.94. The lowest BCUT2D eigenvalue weighted by Gasteiger charge is -2.25. The molecule has 0 aliphatic heterocycles. The number of rotatable bonds is 4. The molecule has 0 unspecified atom stereocenters. The Kier molecular flexibility index (Phi) is 4.17. The van der Waals surface area contributed by atoms with E-state index in [0.29, 0.717) is 0 Å². The summed E-state index contributed by atoms with van der Waals surface area (Å²) in [5.74, 6) is -0.480. The molecule has 0 radical (unpaired) electrons. The van der Waals surface area contributed by atoms with E-state index in [1.807, 2.05) is 6.07 Å². The Labute approximate surface area is 112 Å². The largest absolute Gasteiger partial charge is 0.244 e. The summed E-state index contributed by atoms with van der Waals surface area (Å²) >= 11 is 0. The minimum absolute atomic E-state index is 0.0380. The average Bonchev–Trinajstić information content (AvgIpc) is 2.89. The Morgan fingerprint density at radius 2 is 1.84 bits per heavy atom. The second-order valence-electron chi connectivity index (χ2n) is 4.60. The maximum absolute atomic E-state index is 12.9. The first-order chi connectivity index (χ1) is 9.05. The lowest BCUT2D eigenvalue weighted by atomic mass is 10.2. The zero-order valence-corrected chi connectivity index (χ0v) is 11.2. The van der Waals surface area contributed by atoms with Crippen LogP contribution in [0.25, 0.3) is 0 Å². The summed E-state index contributed by atoms with van der Waals surface area (Å²) in [5.41, 5.74) is 0. The van der Waals surface area contributed by atoms with Gasteiger partial charge in [-0.2, -0.15) is 9.57 Å². The SMILES string of the molecule is N#CCN(C1CCCC1)S(=O)(=O)c1ccc(F)cc1. The van der Waals surface area contributed by atoms with Crippen molar-refractivity contribution in [1.82, 2.24) is 4.31 Å². The molecule has 1 aliphatic carbocycles. The van der Waals surface area contributed by atoms with Crippen molar-refractivity contribution in [3.05, 3.63) is 30.1 Å². The molecule has 1 aliphatic rings. The molecule has 102 valence electrons. The van der Waals surface area contributed by atoms with E-state index in [1.165, 1.54) is 16.4 Å². The van der Waals surface area contributed by atoms with Crippen LogP contribution in [0.4, 0.5) is 4.39 Å². The molecule has 0 spiro atoms. The molecule has 4 nitrogen and oxygen atoms in total. The van der Waals surface area contributed by atoms with Gasteiger partial charge in [-0.1, -0.05) is 12.8 Å². The number of sulfonamides is 1. The molecule has 0 aromatic heterocycles. The van der Waals surface area contributed by atoms with Crippen molar-refractivity contribution in [3.8, 4) is 6.07 Å². The van der Waals surface area contributed by atoms with E-state index in [4.69, 9.17) is 5.26 Å². The average molecular weight is 282 g/mol. The summed E-state index contributed by atoms with van der Waals surface area (Å²) in [6.07, 6.45) is 3.52. The van der Waals surface area contributed by atoms with E-state index in [1.54, 1.807) is 0 Å². The Morgan fingerprint density at radius 1 is 1.26 bits per heavy atom. The topological polar surface area (TPSA) is 61.2 Å². The zero-order valence-electron chi connectivity index (χ0n) is 10.4. The fourth-order valence-corrected chi connectivity index (χ4v) is 4.00. The summed E-state index contributed by atoms with van der Waals surface area (Å²) in [5, 5.41) is 8.84. The van der Waals surface area contributed by atoms with Crippen LogP contribution in [-0.2, 0) is 10.0 Å². The van der Waals surface area contributed by atoms with Gasteiger partial charge in [-0.15, -0.1) is 0 Å². The molecule has 0 saturated heterocycles. The molecule has 1 aromatic rings. The van der Waals surface area contributed by atoms with Crippen LogP contribution < -0.4 is 0 Å². The summed E-state index contributed by atoms with van der Waals surface area (Å²) in [4.78, 5) is 0.0380. The van der Waals surface area contributed by atoms with E-state index in [2.05, 4.69) is 0 Å². The molecular weight excluding hydrogens is 267 g/mol. The molecule has 0 amide bonds. The minimum Gasteiger partial charge on any atom is -0.207 e. The van der Waals surface area contributed by atoms with Gasteiger partial charge in [0.25, 0.3) is 0 Å². The molecule has 0 bridgehead atoms. The number of hydrogen-bond donors (Lipinski definition) is 0. The minimum atomic E-state index is -3.72. The molecule has 6 heteroatoms. The van der Waals surface area contributed by atoms with Crippen LogP contribution in [0.2, 0.25) is 0 Å². The van der Waals surface area contributed by atoms with Crippen molar-refractivity contribution < 1.29 is 12.8 Å². The van der Waals surface area contributed by atoms with E-state index >= 15 is 0 Å². The standard InChI is InChI=1S/C13H15FN2O2S/c14-11-5-7-13(8-6-11)19(17,18)16(10-9-15)12-3-1-2-4-12/h5-8,12H,1-4,10H2. The maximum atomic E-state index is 12.9. The molecule has 1 aromatic carbocycles. The van der Waals surface area contributed by atoms with Gasteiger partial charge < -0.3 is 0 Å². The van der Waals surface area contributed by atoms with Gasteiger partial charge in [0, 0.05) is 6.04 Å². The van der Waals surface area contributed by atoms with Gasteiger partial charge in [0.15, 0.2) is 0 Å². The van der Waals surface area contributed by atoms with E-state index < -0.39 is 15.8 Å². The molecular formula is C13H15FN2O2S. The number of halogens is 1. The van der Waals surface area contributed by atoms with E-state index in [9.17, 15) is 12.8 Å². The number of nitriles is 1. The first kappa shape index (κ1) is 14.0. The highest BCUT2D eigenvalue weighted by atomic mass is 32.2. The number of benzene rings is 1. The van der Waals surface area contributed by atoms with E-state index in [-0.39, 0.29) is 17.5 Å². The highest BCUT2D eigenvalue weighted by Gasteiger charge is 2.32. The van der Waals surface area contributed by atoms with Gasteiger partial charge in [0.05, 0.1) is 11.0 Å². The van der Waals surface area contributed by atoms with Crippen LogP contribution in [0, 0.1) is 17.1 Å². The van der Waals surface area contributed by atoms with Crippen LogP contribution in [0.5, 0.6) is 0 Å². The summed E-state index contributed by atoms with van der Waals surface area (Å²) in [6.45, 7) is -0.162. The Balaban J connectivity index is 2.33. The van der Waals surface area contributed by atoms with Gasteiger partial charge in [-0.3, -0.25) is 0 Å². The van der Waals surface area contributed by atoms with Gasteiger partial charge in [-0.25, -0.2) is 12.8 Å². The summed E-state index contributed by atoms with van der Waals surface area (Å²) < 4.78 is 39.1. The van der Waals surface area contributed by atoms with Gasteiger partial charge in [-0.05, 0) is 37.1 Å². The van der Waals surface area contributed by atoms with Crippen molar-refractivity contribution in [2.75, 3.05) is 6.54 Å². The molecule has 19 heavy (non-hydrogen) atoms. The van der Waals surface area contributed by atoms with Crippen molar-refractivity contribution in [1.29, 1.82) is 5.26 Å². The summed E-state index contributed by atoms with van der Waals surface area (Å²) in [7, 11) is -3.72. The predicted octanol–water partition coefficient (Wildman–Crippen LogP) is 2.28. The van der Waals surface area contributed by atoms with Crippen molar-refractivity contribution in [2.45, 2.75) is 36.6 Å². The van der Waals surface area contributed by atoms with Crippen LogP contribution >= 0.6 is 0 Å². The second kappa shape index (κ2) is 5.68. The van der Waals surface area contributed by atoms with Crippen molar-refractivity contribution in [3.63, 3.8) is 0 Å². The lowest BCUT2D eigenvalue weighted by Crippen LogP contribution is -2.39. The molecule has 1 fully saturated rings.